The van der Waals surface area contributed by atoms with Crippen LogP contribution in [0.3, 0.4) is 0 Å². The number of aromatic nitrogens is 1. The third-order valence-electron chi connectivity index (χ3n) is 4.21. The molecule has 1 aromatic heterocycles. The van der Waals surface area contributed by atoms with Gasteiger partial charge in [0.1, 0.15) is 11.9 Å². The average molecular weight is 328 g/mol. The maximum absolute atomic E-state index is 10.2. The fourth-order valence-electron chi connectivity index (χ4n) is 3.27. The molecule has 0 radical (unpaired) electrons. The van der Waals surface area contributed by atoms with Gasteiger partial charge in [-0.15, -0.1) is 0 Å². The van der Waals surface area contributed by atoms with Gasteiger partial charge in [-0.05, 0) is 52.0 Å². The van der Waals surface area contributed by atoms with E-state index >= 15 is 0 Å². The topological polar surface area (TPSA) is 45.6 Å². The van der Waals surface area contributed by atoms with Crippen molar-refractivity contribution in [2.45, 2.75) is 57.7 Å². The molecule has 0 spiro atoms. The molecular formula is C20H28N2O2. The summed E-state index contributed by atoms with van der Waals surface area (Å²) < 4.78 is 6.04. The first-order valence-corrected chi connectivity index (χ1v) is 8.37. The zero-order chi connectivity index (χ0) is 17.6. The summed E-state index contributed by atoms with van der Waals surface area (Å²) in [5, 5.41) is 11.7. The van der Waals surface area contributed by atoms with E-state index in [1.54, 1.807) is 12.4 Å². The van der Waals surface area contributed by atoms with Crippen molar-refractivity contribution in [3.8, 4) is 5.75 Å². The molecule has 0 aliphatic carbocycles. The molecule has 0 atom stereocenters. The summed E-state index contributed by atoms with van der Waals surface area (Å²) in [7, 11) is 0. The minimum atomic E-state index is -0.263. The fourth-order valence-corrected chi connectivity index (χ4v) is 3.27. The molecule has 1 fully saturated rings. The van der Waals surface area contributed by atoms with Gasteiger partial charge in [0.05, 0.1) is 0 Å². The lowest BCUT2D eigenvalue weighted by Crippen LogP contribution is -2.61. The number of pyridine rings is 1. The Morgan fingerprint density at radius 1 is 0.917 bits per heavy atom. The van der Waals surface area contributed by atoms with E-state index in [0.29, 0.717) is 0 Å². The number of para-hydroxylation sites is 1. The van der Waals surface area contributed by atoms with E-state index < -0.39 is 0 Å². The summed E-state index contributed by atoms with van der Waals surface area (Å²) >= 11 is 0. The van der Waals surface area contributed by atoms with Gasteiger partial charge in [0.2, 0.25) is 0 Å². The van der Waals surface area contributed by atoms with E-state index in [1.807, 2.05) is 48.5 Å². The Bertz CT molecular complexity index is 555. The zero-order valence-electron chi connectivity index (χ0n) is 15.0. The molecule has 2 heterocycles. The van der Waals surface area contributed by atoms with Crippen molar-refractivity contribution in [3.05, 3.63) is 60.9 Å². The number of rotatable bonds is 2. The molecule has 0 amide bonds. The van der Waals surface area contributed by atoms with Gasteiger partial charge in [-0.2, -0.15) is 5.06 Å². The SMILES string of the molecule is CC1(C)CC(Oc2ccccc2)CC(C)(C)N1O.c1ccncc1. The van der Waals surface area contributed by atoms with Crippen LogP contribution in [-0.4, -0.2) is 32.4 Å². The summed E-state index contributed by atoms with van der Waals surface area (Å²) in [4.78, 5) is 3.78. The Labute approximate surface area is 145 Å². The molecule has 4 heteroatoms. The predicted molar refractivity (Wildman–Crippen MR) is 96.1 cm³/mol. The number of piperidine rings is 1. The van der Waals surface area contributed by atoms with E-state index in [4.69, 9.17) is 4.74 Å². The van der Waals surface area contributed by atoms with Gasteiger partial charge in [-0.3, -0.25) is 4.98 Å². The highest BCUT2D eigenvalue weighted by Gasteiger charge is 2.45. The summed E-state index contributed by atoms with van der Waals surface area (Å²) in [5.41, 5.74) is -0.525. The molecule has 0 saturated carbocycles. The molecule has 1 N–H and O–H groups in total. The summed E-state index contributed by atoms with van der Waals surface area (Å²) in [6.45, 7) is 8.20. The lowest BCUT2D eigenvalue weighted by molar-refractivity contribution is -0.254. The van der Waals surface area contributed by atoms with Crippen LogP contribution in [0, 0.1) is 0 Å². The molecule has 1 saturated heterocycles. The van der Waals surface area contributed by atoms with Crippen LogP contribution in [0.1, 0.15) is 40.5 Å². The van der Waals surface area contributed by atoms with Crippen LogP contribution in [0.5, 0.6) is 5.75 Å². The number of benzene rings is 1. The minimum Gasteiger partial charge on any atom is -0.490 e. The molecule has 0 unspecified atom stereocenters. The lowest BCUT2D eigenvalue weighted by Gasteiger charge is -2.51. The highest BCUT2D eigenvalue weighted by Crippen LogP contribution is 2.38. The molecule has 1 aliphatic heterocycles. The second-order valence-electron chi connectivity index (χ2n) is 7.42. The van der Waals surface area contributed by atoms with Crippen molar-refractivity contribution in [1.29, 1.82) is 0 Å². The smallest absolute Gasteiger partial charge is 0.119 e. The number of ether oxygens (including phenoxy) is 1. The van der Waals surface area contributed by atoms with Gasteiger partial charge in [-0.25, -0.2) is 0 Å². The predicted octanol–water partition coefficient (Wildman–Crippen LogP) is 4.56. The standard InChI is InChI=1S/C15H23NO2.C5H5N/c1-14(2)10-13(11-15(3,4)16(14)17)18-12-8-6-5-7-9-12;1-2-4-6-5-3-1/h5-9,13,17H,10-11H2,1-4H3;1-5H. The van der Waals surface area contributed by atoms with Gasteiger partial charge >= 0.3 is 0 Å². The molecule has 3 rings (SSSR count). The van der Waals surface area contributed by atoms with Crippen molar-refractivity contribution >= 4 is 0 Å². The molecule has 0 bridgehead atoms. The highest BCUT2D eigenvalue weighted by atomic mass is 16.5. The van der Waals surface area contributed by atoms with Crippen LogP contribution in [0.25, 0.3) is 0 Å². The van der Waals surface area contributed by atoms with Crippen LogP contribution in [0.4, 0.5) is 0 Å². The third-order valence-corrected chi connectivity index (χ3v) is 4.21. The van der Waals surface area contributed by atoms with Gasteiger partial charge in [-0.1, -0.05) is 24.3 Å². The first-order valence-electron chi connectivity index (χ1n) is 8.37. The Kier molecular flexibility index (Phi) is 5.97. The summed E-state index contributed by atoms with van der Waals surface area (Å²) in [6, 6.07) is 15.6. The normalized spacial score (nSPS) is 19.9. The quantitative estimate of drug-likeness (QED) is 0.878. The number of hydrogen-bond donors (Lipinski definition) is 1. The lowest BCUT2D eigenvalue weighted by atomic mass is 9.80. The van der Waals surface area contributed by atoms with Gasteiger partial charge in [0, 0.05) is 36.3 Å². The summed E-state index contributed by atoms with van der Waals surface area (Å²) in [5.74, 6) is 0.903. The average Bonchev–Trinajstić information content (AvgIpc) is 2.55. The molecular weight excluding hydrogens is 300 g/mol. The number of hydroxylamine groups is 2. The number of hydrogen-bond acceptors (Lipinski definition) is 4. The molecule has 24 heavy (non-hydrogen) atoms. The second kappa shape index (κ2) is 7.77. The molecule has 130 valence electrons. The van der Waals surface area contributed by atoms with E-state index in [1.165, 1.54) is 5.06 Å². The van der Waals surface area contributed by atoms with Crippen molar-refractivity contribution in [2.24, 2.45) is 0 Å². The van der Waals surface area contributed by atoms with Crippen LogP contribution >= 0.6 is 0 Å². The van der Waals surface area contributed by atoms with Crippen molar-refractivity contribution in [1.82, 2.24) is 10.0 Å². The van der Waals surface area contributed by atoms with Crippen LogP contribution in [-0.2, 0) is 0 Å². The van der Waals surface area contributed by atoms with Crippen molar-refractivity contribution < 1.29 is 9.94 Å². The second-order valence-corrected chi connectivity index (χ2v) is 7.42. The summed E-state index contributed by atoms with van der Waals surface area (Å²) in [6.07, 6.45) is 5.28. The fraction of sp³-hybridized carbons (Fsp3) is 0.450. The van der Waals surface area contributed by atoms with E-state index in [2.05, 4.69) is 32.7 Å². The Hall–Kier alpha value is -1.91. The minimum absolute atomic E-state index is 0.140. The van der Waals surface area contributed by atoms with Gasteiger partial charge in [0.15, 0.2) is 0 Å². The van der Waals surface area contributed by atoms with E-state index in [0.717, 1.165) is 18.6 Å². The van der Waals surface area contributed by atoms with Crippen LogP contribution in [0.2, 0.25) is 0 Å². The van der Waals surface area contributed by atoms with Crippen LogP contribution < -0.4 is 4.74 Å². The largest absolute Gasteiger partial charge is 0.490 e. The zero-order valence-corrected chi connectivity index (χ0v) is 15.0. The maximum Gasteiger partial charge on any atom is 0.119 e. The number of nitrogens with zero attached hydrogens (tertiary/aromatic N) is 2. The first kappa shape index (κ1) is 18.4. The van der Waals surface area contributed by atoms with Gasteiger partial charge in [0.25, 0.3) is 0 Å². The van der Waals surface area contributed by atoms with E-state index in [-0.39, 0.29) is 17.2 Å². The molecule has 2 aromatic rings. The highest BCUT2D eigenvalue weighted by molar-refractivity contribution is 5.21. The maximum atomic E-state index is 10.2. The molecule has 4 nitrogen and oxygen atoms in total. The first-order chi connectivity index (χ1) is 11.3. The molecule has 1 aromatic carbocycles. The van der Waals surface area contributed by atoms with Gasteiger partial charge < -0.3 is 9.94 Å². The Morgan fingerprint density at radius 2 is 1.42 bits per heavy atom. The molecule has 1 aliphatic rings. The Morgan fingerprint density at radius 3 is 1.83 bits per heavy atom. The van der Waals surface area contributed by atoms with Crippen LogP contribution in [0.15, 0.2) is 60.9 Å². The van der Waals surface area contributed by atoms with Crippen molar-refractivity contribution in [3.63, 3.8) is 0 Å². The Balaban J connectivity index is 0.000000292. The monoisotopic (exact) mass is 328 g/mol. The third kappa shape index (κ3) is 5.05. The van der Waals surface area contributed by atoms with Crippen molar-refractivity contribution in [2.75, 3.05) is 0 Å². The van der Waals surface area contributed by atoms with E-state index in [9.17, 15) is 5.21 Å².